The Balaban J connectivity index is 3.22. The van der Waals surface area contributed by atoms with Gasteiger partial charge in [-0.25, -0.2) is 0 Å². The first-order valence-electron chi connectivity index (χ1n) is 4.37. The average molecular weight is 248 g/mol. The van der Waals surface area contributed by atoms with Gasteiger partial charge in [-0.1, -0.05) is 23.2 Å². The first-order chi connectivity index (χ1) is 6.91. The number of hydrogen-bond acceptors (Lipinski definition) is 2. The summed E-state index contributed by atoms with van der Waals surface area (Å²) < 4.78 is 5.40. The predicted octanol–water partition coefficient (Wildman–Crippen LogP) is 2.88. The number of carbonyl (C=O) groups is 1. The smallest absolute Gasteiger partial charge is 0.252 e. The van der Waals surface area contributed by atoms with Crippen LogP contribution >= 0.6 is 23.2 Å². The molecule has 1 aromatic rings. The largest absolute Gasteiger partial charge is 0.490 e. The van der Waals surface area contributed by atoms with Gasteiger partial charge in [-0.2, -0.15) is 0 Å². The van der Waals surface area contributed by atoms with E-state index in [-0.39, 0.29) is 16.7 Å². The highest BCUT2D eigenvalue weighted by atomic mass is 35.5. The third-order valence-corrected chi connectivity index (χ3v) is 2.37. The predicted molar refractivity (Wildman–Crippen MR) is 60.7 cm³/mol. The van der Waals surface area contributed by atoms with E-state index >= 15 is 0 Å². The summed E-state index contributed by atoms with van der Waals surface area (Å²) in [6.07, 6.45) is -0.0691. The van der Waals surface area contributed by atoms with Crippen LogP contribution in [0.4, 0.5) is 0 Å². The third kappa shape index (κ3) is 3.01. The van der Waals surface area contributed by atoms with E-state index in [2.05, 4.69) is 0 Å². The monoisotopic (exact) mass is 247 g/mol. The molecule has 82 valence electrons. The fourth-order valence-electron chi connectivity index (χ4n) is 1.07. The van der Waals surface area contributed by atoms with E-state index in [9.17, 15) is 4.79 Å². The molecule has 0 atom stereocenters. The topological polar surface area (TPSA) is 52.3 Å². The molecule has 3 nitrogen and oxygen atoms in total. The molecular formula is C10H11Cl2NO2. The summed E-state index contributed by atoms with van der Waals surface area (Å²) in [6.45, 7) is 3.68. The molecule has 0 fully saturated rings. The zero-order valence-electron chi connectivity index (χ0n) is 8.38. The lowest BCUT2D eigenvalue weighted by molar-refractivity contribution is 0.0994. The number of rotatable bonds is 3. The minimum Gasteiger partial charge on any atom is -0.490 e. The van der Waals surface area contributed by atoms with Crippen LogP contribution in [0.3, 0.4) is 0 Å². The van der Waals surface area contributed by atoms with Crippen LogP contribution in [-0.4, -0.2) is 12.0 Å². The van der Waals surface area contributed by atoms with Gasteiger partial charge in [0.25, 0.3) is 5.91 Å². The normalized spacial score (nSPS) is 10.5. The van der Waals surface area contributed by atoms with Crippen LogP contribution in [-0.2, 0) is 0 Å². The van der Waals surface area contributed by atoms with Gasteiger partial charge in [-0.3, -0.25) is 4.79 Å². The molecule has 0 unspecified atom stereocenters. The van der Waals surface area contributed by atoms with Gasteiger partial charge in [0.05, 0.1) is 21.7 Å². The quantitative estimate of drug-likeness (QED) is 0.894. The van der Waals surface area contributed by atoms with Gasteiger partial charge in [-0.05, 0) is 19.9 Å². The zero-order chi connectivity index (χ0) is 11.6. The Labute approximate surface area is 98.1 Å². The molecule has 0 saturated carbocycles. The van der Waals surface area contributed by atoms with Crippen molar-refractivity contribution in [3.63, 3.8) is 0 Å². The standard InChI is InChI=1S/C10H11Cl2NO2/c1-5(2)15-9-4-8(12)7(11)3-6(9)10(13)14/h3-5H,1-2H3,(H2,13,14). The highest BCUT2D eigenvalue weighted by Crippen LogP contribution is 2.30. The maximum atomic E-state index is 11.1. The van der Waals surface area contributed by atoms with Gasteiger partial charge in [0.15, 0.2) is 0 Å². The molecule has 0 bridgehead atoms. The van der Waals surface area contributed by atoms with Crippen molar-refractivity contribution in [1.82, 2.24) is 0 Å². The fraction of sp³-hybridized carbons (Fsp3) is 0.300. The second kappa shape index (κ2) is 4.73. The summed E-state index contributed by atoms with van der Waals surface area (Å²) >= 11 is 11.6. The first kappa shape index (κ1) is 12.1. The Morgan fingerprint density at radius 1 is 1.33 bits per heavy atom. The molecule has 15 heavy (non-hydrogen) atoms. The van der Waals surface area contributed by atoms with Crippen molar-refractivity contribution >= 4 is 29.1 Å². The summed E-state index contributed by atoms with van der Waals surface area (Å²) in [6, 6.07) is 2.90. The van der Waals surface area contributed by atoms with Crippen LogP contribution < -0.4 is 10.5 Å². The van der Waals surface area contributed by atoms with Crippen molar-refractivity contribution in [1.29, 1.82) is 0 Å². The summed E-state index contributed by atoms with van der Waals surface area (Å²) in [7, 11) is 0. The molecule has 0 spiro atoms. The van der Waals surface area contributed by atoms with Crippen molar-refractivity contribution in [3.05, 3.63) is 27.7 Å². The van der Waals surface area contributed by atoms with E-state index in [4.69, 9.17) is 33.7 Å². The Kier molecular flexibility index (Phi) is 3.83. The van der Waals surface area contributed by atoms with Crippen molar-refractivity contribution in [3.8, 4) is 5.75 Å². The van der Waals surface area contributed by atoms with E-state index < -0.39 is 5.91 Å². The van der Waals surface area contributed by atoms with Gasteiger partial charge in [0, 0.05) is 6.07 Å². The number of nitrogens with two attached hydrogens (primary N) is 1. The lowest BCUT2D eigenvalue weighted by atomic mass is 10.2. The molecule has 0 aromatic heterocycles. The molecule has 0 aliphatic carbocycles. The van der Waals surface area contributed by atoms with Crippen LogP contribution in [0.1, 0.15) is 24.2 Å². The fourth-order valence-corrected chi connectivity index (χ4v) is 1.39. The van der Waals surface area contributed by atoms with E-state index in [1.807, 2.05) is 13.8 Å². The lowest BCUT2D eigenvalue weighted by Crippen LogP contribution is -2.15. The molecule has 5 heteroatoms. The molecule has 0 saturated heterocycles. The second-order valence-electron chi connectivity index (χ2n) is 3.29. The Bertz CT molecular complexity index is 391. The van der Waals surface area contributed by atoms with Crippen LogP contribution in [0, 0.1) is 0 Å². The summed E-state index contributed by atoms with van der Waals surface area (Å²) in [5.41, 5.74) is 5.42. The van der Waals surface area contributed by atoms with Crippen molar-refractivity contribution in [2.24, 2.45) is 5.73 Å². The van der Waals surface area contributed by atoms with E-state index in [1.54, 1.807) is 0 Å². The maximum absolute atomic E-state index is 11.1. The number of carbonyl (C=O) groups excluding carboxylic acids is 1. The third-order valence-electron chi connectivity index (χ3n) is 1.65. The Hall–Kier alpha value is -0.930. The molecule has 0 heterocycles. The molecule has 0 aliphatic heterocycles. The Morgan fingerprint density at radius 3 is 2.33 bits per heavy atom. The van der Waals surface area contributed by atoms with Crippen LogP contribution in [0.5, 0.6) is 5.75 Å². The zero-order valence-corrected chi connectivity index (χ0v) is 9.89. The molecule has 1 amide bonds. The van der Waals surface area contributed by atoms with E-state index in [0.717, 1.165) is 0 Å². The van der Waals surface area contributed by atoms with Gasteiger partial charge in [0.2, 0.25) is 0 Å². The number of ether oxygens (including phenoxy) is 1. The summed E-state index contributed by atoms with van der Waals surface area (Å²) in [5, 5.41) is 0.610. The lowest BCUT2D eigenvalue weighted by Gasteiger charge is -2.13. The highest BCUT2D eigenvalue weighted by Gasteiger charge is 2.14. The average Bonchev–Trinajstić information content (AvgIpc) is 2.09. The number of benzene rings is 1. The van der Waals surface area contributed by atoms with Gasteiger partial charge < -0.3 is 10.5 Å². The molecule has 1 rings (SSSR count). The van der Waals surface area contributed by atoms with E-state index in [1.165, 1.54) is 12.1 Å². The molecule has 0 radical (unpaired) electrons. The van der Waals surface area contributed by atoms with Gasteiger partial charge in [0.1, 0.15) is 5.75 Å². The van der Waals surface area contributed by atoms with Crippen molar-refractivity contribution in [2.75, 3.05) is 0 Å². The van der Waals surface area contributed by atoms with Crippen LogP contribution in [0.2, 0.25) is 10.0 Å². The maximum Gasteiger partial charge on any atom is 0.252 e. The van der Waals surface area contributed by atoms with Crippen molar-refractivity contribution < 1.29 is 9.53 Å². The molecule has 2 N–H and O–H groups in total. The van der Waals surface area contributed by atoms with Crippen molar-refractivity contribution in [2.45, 2.75) is 20.0 Å². The molecule has 1 aromatic carbocycles. The molecule has 0 aliphatic rings. The van der Waals surface area contributed by atoms with Gasteiger partial charge in [-0.15, -0.1) is 0 Å². The number of amides is 1. The SMILES string of the molecule is CC(C)Oc1cc(Cl)c(Cl)cc1C(N)=O. The number of hydrogen-bond donors (Lipinski definition) is 1. The van der Waals surface area contributed by atoms with E-state index in [0.29, 0.717) is 10.8 Å². The van der Waals surface area contributed by atoms with Gasteiger partial charge >= 0.3 is 0 Å². The number of primary amides is 1. The molecular weight excluding hydrogens is 237 g/mol. The Morgan fingerprint density at radius 2 is 1.87 bits per heavy atom. The highest BCUT2D eigenvalue weighted by molar-refractivity contribution is 6.42. The van der Waals surface area contributed by atoms with Crippen LogP contribution in [0.15, 0.2) is 12.1 Å². The summed E-state index contributed by atoms with van der Waals surface area (Å²) in [4.78, 5) is 11.1. The summed E-state index contributed by atoms with van der Waals surface area (Å²) in [5.74, 6) is -0.240. The second-order valence-corrected chi connectivity index (χ2v) is 4.11. The van der Waals surface area contributed by atoms with Crippen LogP contribution in [0.25, 0.3) is 0 Å². The first-order valence-corrected chi connectivity index (χ1v) is 5.13. The minimum atomic E-state index is -0.593. The minimum absolute atomic E-state index is 0.0691. The number of halogens is 2.